The van der Waals surface area contributed by atoms with E-state index in [0.29, 0.717) is 0 Å². The quantitative estimate of drug-likeness (QED) is 0.233. The van der Waals surface area contributed by atoms with Gasteiger partial charge in [-0.25, -0.2) is 0 Å². The summed E-state index contributed by atoms with van der Waals surface area (Å²) in [6.07, 6.45) is 0. The van der Waals surface area contributed by atoms with Crippen LogP contribution in [-0.4, -0.2) is 9.13 Å². The molecule has 0 aliphatic rings. The monoisotopic (exact) mass is 498 g/mol. The van der Waals surface area contributed by atoms with Crippen LogP contribution in [0.4, 0.5) is 0 Å². The largest absolute Gasteiger partial charge is 0.456 e. The molecule has 0 saturated heterocycles. The van der Waals surface area contributed by atoms with Gasteiger partial charge in [0.15, 0.2) is 0 Å². The number of para-hydroxylation sites is 4. The van der Waals surface area contributed by atoms with Crippen LogP contribution in [0.2, 0.25) is 0 Å². The minimum Gasteiger partial charge on any atom is -0.456 e. The number of fused-ring (bicyclic) bond motifs is 10. The highest BCUT2D eigenvalue weighted by molar-refractivity contribution is 6.24. The van der Waals surface area contributed by atoms with Crippen LogP contribution >= 0.6 is 0 Å². The molecule has 9 aromatic rings. The van der Waals surface area contributed by atoms with Crippen LogP contribution in [0.5, 0.6) is 0 Å². The molecular weight excluding hydrogens is 476 g/mol. The van der Waals surface area contributed by atoms with Gasteiger partial charge in [-0.3, -0.25) is 0 Å². The summed E-state index contributed by atoms with van der Waals surface area (Å²) >= 11 is 0. The molecule has 0 atom stereocenters. The molecule has 3 aromatic heterocycles. The fourth-order valence-electron chi connectivity index (χ4n) is 6.49. The lowest BCUT2D eigenvalue weighted by Gasteiger charge is -2.11. The van der Waals surface area contributed by atoms with Crippen molar-refractivity contribution in [3.63, 3.8) is 0 Å². The smallest absolute Gasteiger partial charge is 0.137 e. The molecule has 3 nitrogen and oxygen atoms in total. The van der Waals surface area contributed by atoms with Crippen molar-refractivity contribution in [3.05, 3.63) is 133 Å². The summed E-state index contributed by atoms with van der Waals surface area (Å²) in [5.41, 5.74) is 8.92. The van der Waals surface area contributed by atoms with E-state index in [0.717, 1.165) is 27.6 Å². The van der Waals surface area contributed by atoms with E-state index in [9.17, 15) is 0 Å². The van der Waals surface area contributed by atoms with Gasteiger partial charge in [0.2, 0.25) is 0 Å². The van der Waals surface area contributed by atoms with Gasteiger partial charge in [-0.2, -0.15) is 0 Å². The van der Waals surface area contributed by atoms with Crippen LogP contribution in [0.3, 0.4) is 0 Å². The number of hydrogen-bond acceptors (Lipinski definition) is 1. The Bertz CT molecular complexity index is 2390. The lowest BCUT2D eigenvalue weighted by molar-refractivity contribution is 0.669. The molecule has 0 N–H and O–H groups in total. The highest BCUT2D eigenvalue weighted by Gasteiger charge is 2.20. The Hall–Kier alpha value is -5.28. The van der Waals surface area contributed by atoms with Crippen LogP contribution in [0.15, 0.2) is 138 Å². The van der Waals surface area contributed by atoms with Crippen LogP contribution in [-0.2, 0) is 0 Å². The van der Waals surface area contributed by atoms with Crippen LogP contribution in [0, 0.1) is 0 Å². The Kier molecular flexibility index (Phi) is 4.05. The van der Waals surface area contributed by atoms with Gasteiger partial charge in [0.05, 0.1) is 27.5 Å². The zero-order valence-corrected chi connectivity index (χ0v) is 21.0. The molecule has 3 heteroatoms. The molecule has 6 aromatic carbocycles. The van der Waals surface area contributed by atoms with Gasteiger partial charge in [-0.05, 0) is 60.7 Å². The molecule has 0 aliphatic heterocycles. The van der Waals surface area contributed by atoms with Gasteiger partial charge in [0, 0.05) is 38.3 Å². The highest BCUT2D eigenvalue weighted by atomic mass is 16.3. The number of furan rings is 1. The predicted molar refractivity (Wildman–Crippen MR) is 162 cm³/mol. The summed E-state index contributed by atoms with van der Waals surface area (Å²) in [5.74, 6) is 0. The number of hydrogen-bond donors (Lipinski definition) is 0. The van der Waals surface area contributed by atoms with Gasteiger partial charge < -0.3 is 13.6 Å². The molecule has 0 radical (unpaired) electrons. The Morgan fingerprint density at radius 3 is 1.85 bits per heavy atom. The molecule has 39 heavy (non-hydrogen) atoms. The van der Waals surface area contributed by atoms with Gasteiger partial charge in [-0.15, -0.1) is 0 Å². The molecule has 0 fully saturated rings. The van der Waals surface area contributed by atoms with Crippen molar-refractivity contribution >= 4 is 65.6 Å². The fourth-order valence-corrected chi connectivity index (χ4v) is 6.49. The van der Waals surface area contributed by atoms with Crippen molar-refractivity contribution in [2.24, 2.45) is 0 Å². The maximum absolute atomic E-state index is 6.31. The zero-order valence-electron chi connectivity index (χ0n) is 21.0. The molecule has 0 aliphatic carbocycles. The third-order valence-electron chi connectivity index (χ3n) is 8.10. The van der Waals surface area contributed by atoms with E-state index in [1.54, 1.807) is 0 Å². The van der Waals surface area contributed by atoms with Crippen molar-refractivity contribution in [1.29, 1.82) is 0 Å². The summed E-state index contributed by atoms with van der Waals surface area (Å²) in [4.78, 5) is 0. The van der Waals surface area contributed by atoms with Crippen molar-refractivity contribution in [2.45, 2.75) is 0 Å². The van der Waals surface area contributed by atoms with Gasteiger partial charge >= 0.3 is 0 Å². The number of rotatable bonds is 2. The first-order valence-electron chi connectivity index (χ1n) is 13.3. The molecule has 0 bridgehead atoms. The number of aromatic nitrogens is 2. The van der Waals surface area contributed by atoms with Crippen molar-refractivity contribution < 1.29 is 4.42 Å². The summed E-state index contributed by atoms with van der Waals surface area (Å²) in [5, 5.41) is 7.26. The topological polar surface area (TPSA) is 23.0 Å². The Morgan fingerprint density at radius 1 is 0.385 bits per heavy atom. The first kappa shape index (κ1) is 20.7. The Balaban J connectivity index is 1.44. The minimum absolute atomic E-state index is 0.912. The van der Waals surface area contributed by atoms with E-state index in [4.69, 9.17) is 4.42 Å². The zero-order chi connectivity index (χ0) is 25.5. The lowest BCUT2D eigenvalue weighted by atomic mass is 10.1. The third kappa shape index (κ3) is 2.76. The van der Waals surface area contributed by atoms with E-state index >= 15 is 0 Å². The normalized spacial score (nSPS) is 12.1. The minimum atomic E-state index is 0.912. The maximum Gasteiger partial charge on any atom is 0.137 e. The van der Waals surface area contributed by atoms with E-state index < -0.39 is 0 Å². The standard InChI is InChI=1S/C36H22N2O/c1-2-10-23(11-3-1)37-30-15-7-5-13-26(30)29-22-24(18-20-32(29)37)38-31-16-8-4-12-25(31)27-19-21-34-35(36(27)38)28-14-6-9-17-33(28)39-34/h1-22H. The second kappa shape index (κ2) is 7.62. The fraction of sp³-hybridized carbons (Fsp3) is 0. The van der Waals surface area contributed by atoms with E-state index in [-0.39, 0.29) is 0 Å². The molecule has 0 spiro atoms. The van der Waals surface area contributed by atoms with Crippen LogP contribution in [0.25, 0.3) is 76.9 Å². The van der Waals surface area contributed by atoms with Crippen molar-refractivity contribution in [2.75, 3.05) is 0 Å². The Morgan fingerprint density at radius 2 is 1.03 bits per heavy atom. The van der Waals surface area contributed by atoms with Crippen molar-refractivity contribution in [3.8, 4) is 11.4 Å². The first-order valence-corrected chi connectivity index (χ1v) is 13.3. The van der Waals surface area contributed by atoms with Gasteiger partial charge in [-0.1, -0.05) is 72.8 Å². The summed E-state index contributed by atoms with van der Waals surface area (Å²) < 4.78 is 11.1. The summed E-state index contributed by atoms with van der Waals surface area (Å²) in [7, 11) is 0. The lowest BCUT2D eigenvalue weighted by Crippen LogP contribution is -1.96. The summed E-state index contributed by atoms with van der Waals surface area (Å²) in [6, 6.07) is 47.6. The SMILES string of the molecule is c1ccc(-n2c3ccccc3c3cc(-n4c5ccccc5c5ccc6oc7ccccc7c6c54)ccc32)cc1. The van der Waals surface area contributed by atoms with E-state index in [2.05, 4.69) is 137 Å². The summed E-state index contributed by atoms with van der Waals surface area (Å²) in [6.45, 7) is 0. The Labute approximate surface area is 223 Å². The van der Waals surface area contributed by atoms with Crippen LogP contribution < -0.4 is 0 Å². The van der Waals surface area contributed by atoms with E-state index in [1.807, 2.05) is 6.07 Å². The molecule has 0 saturated carbocycles. The van der Waals surface area contributed by atoms with E-state index in [1.165, 1.54) is 49.3 Å². The van der Waals surface area contributed by atoms with Crippen molar-refractivity contribution in [1.82, 2.24) is 9.13 Å². The molecule has 182 valence electrons. The molecule has 0 amide bonds. The average Bonchev–Trinajstić information content (AvgIpc) is 3.65. The second-order valence-electron chi connectivity index (χ2n) is 10.2. The second-order valence-corrected chi connectivity index (χ2v) is 10.2. The van der Waals surface area contributed by atoms with Gasteiger partial charge in [0.1, 0.15) is 11.2 Å². The van der Waals surface area contributed by atoms with Gasteiger partial charge in [0.25, 0.3) is 0 Å². The molecule has 9 rings (SSSR count). The predicted octanol–water partition coefficient (Wildman–Crippen LogP) is 9.78. The number of benzene rings is 6. The third-order valence-corrected chi connectivity index (χ3v) is 8.10. The molecule has 3 heterocycles. The molecule has 0 unspecified atom stereocenters. The van der Waals surface area contributed by atoms with Crippen LogP contribution in [0.1, 0.15) is 0 Å². The number of nitrogens with zero attached hydrogens (tertiary/aromatic N) is 2. The molecular formula is C36H22N2O. The maximum atomic E-state index is 6.31. The first-order chi connectivity index (χ1) is 19.4. The average molecular weight is 499 g/mol. The highest BCUT2D eigenvalue weighted by Crippen LogP contribution is 2.41.